The summed E-state index contributed by atoms with van der Waals surface area (Å²) in [5.41, 5.74) is 2.02. The molecule has 0 aliphatic carbocycles. The normalized spacial score (nSPS) is 11.1. The van der Waals surface area contributed by atoms with Crippen LogP contribution in [0.25, 0.3) is 10.2 Å². The van der Waals surface area contributed by atoms with E-state index in [1.807, 2.05) is 29.4 Å². The molecule has 0 atom stereocenters. The molecule has 1 N–H and O–H groups in total. The number of nitrogens with one attached hydrogen (secondary N) is 1. The Hall–Kier alpha value is -1.47. The topological polar surface area (TPSA) is 55.6 Å². The first-order valence-electron chi connectivity index (χ1n) is 5.83. The SMILES string of the molecule is Cn1cnc(CCNc2ncc3scc(Br)c3n2)c1. The Bertz CT molecular complexity index is 705. The lowest BCUT2D eigenvalue weighted by Crippen LogP contribution is -2.07. The zero-order chi connectivity index (χ0) is 13.2. The average Bonchev–Trinajstić information content (AvgIpc) is 2.97. The van der Waals surface area contributed by atoms with E-state index < -0.39 is 0 Å². The fourth-order valence-electron chi connectivity index (χ4n) is 1.78. The van der Waals surface area contributed by atoms with Crippen molar-refractivity contribution in [2.45, 2.75) is 6.42 Å². The Labute approximate surface area is 122 Å². The van der Waals surface area contributed by atoms with Gasteiger partial charge in [-0.1, -0.05) is 0 Å². The average molecular weight is 338 g/mol. The summed E-state index contributed by atoms with van der Waals surface area (Å²) in [6.45, 7) is 0.768. The smallest absolute Gasteiger partial charge is 0.223 e. The van der Waals surface area contributed by atoms with Crippen LogP contribution in [0.1, 0.15) is 5.69 Å². The standard InChI is InChI=1S/C12H12BrN5S/c1-18-5-8(16-7-18)2-3-14-12-15-4-10-11(17-12)9(13)6-19-10/h4-7H,2-3H2,1H3,(H,14,15,17). The molecule has 0 spiro atoms. The van der Waals surface area contributed by atoms with Crippen molar-refractivity contribution in [2.24, 2.45) is 7.05 Å². The molecule has 3 aromatic heterocycles. The van der Waals surface area contributed by atoms with E-state index in [-0.39, 0.29) is 0 Å². The van der Waals surface area contributed by atoms with Crippen LogP contribution in [0.15, 0.2) is 28.6 Å². The van der Waals surface area contributed by atoms with Gasteiger partial charge in [-0.25, -0.2) is 15.0 Å². The molecule has 5 nitrogen and oxygen atoms in total. The lowest BCUT2D eigenvalue weighted by Gasteiger charge is -2.03. The zero-order valence-electron chi connectivity index (χ0n) is 10.3. The first-order chi connectivity index (χ1) is 9.22. The van der Waals surface area contributed by atoms with Crippen LogP contribution in [-0.4, -0.2) is 26.1 Å². The highest BCUT2D eigenvalue weighted by molar-refractivity contribution is 9.10. The quantitative estimate of drug-likeness (QED) is 0.795. The Morgan fingerprint density at radius 3 is 3.11 bits per heavy atom. The molecule has 3 aromatic rings. The predicted molar refractivity (Wildman–Crippen MR) is 80.5 cm³/mol. The van der Waals surface area contributed by atoms with E-state index in [4.69, 9.17) is 0 Å². The van der Waals surface area contributed by atoms with Crippen molar-refractivity contribution in [3.05, 3.63) is 34.3 Å². The summed E-state index contributed by atoms with van der Waals surface area (Å²) in [5, 5.41) is 5.25. The number of imidazole rings is 1. The molecule has 0 amide bonds. The molecule has 98 valence electrons. The van der Waals surface area contributed by atoms with E-state index in [1.165, 1.54) is 0 Å². The summed E-state index contributed by atoms with van der Waals surface area (Å²) in [4.78, 5) is 13.1. The molecule has 7 heteroatoms. The molecular formula is C12H12BrN5S. The Morgan fingerprint density at radius 1 is 1.42 bits per heavy atom. The largest absolute Gasteiger partial charge is 0.354 e. The van der Waals surface area contributed by atoms with Crippen LogP contribution < -0.4 is 5.32 Å². The summed E-state index contributed by atoms with van der Waals surface area (Å²) in [6.07, 6.45) is 6.52. The fourth-order valence-corrected chi connectivity index (χ4v) is 3.22. The van der Waals surface area contributed by atoms with E-state index >= 15 is 0 Å². The highest BCUT2D eigenvalue weighted by Gasteiger charge is 2.05. The maximum absolute atomic E-state index is 4.49. The monoisotopic (exact) mass is 337 g/mol. The van der Waals surface area contributed by atoms with Gasteiger partial charge in [0.25, 0.3) is 0 Å². The van der Waals surface area contributed by atoms with Crippen LogP contribution in [0.2, 0.25) is 0 Å². The van der Waals surface area contributed by atoms with E-state index in [2.05, 4.69) is 36.2 Å². The van der Waals surface area contributed by atoms with Gasteiger partial charge in [0.05, 0.1) is 27.4 Å². The predicted octanol–water partition coefficient (Wildman–Crippen LogP) is 2.84. The van der Waals surface area contributed by atoms with Gasteiger partial charge < -0.3 is 9.88 Å². The third-order valence-corrected chi connectivity index (χ3v) is 4.51. The second-order valence-corrected chi connectivity index (χ2v) is 5.96. The van der Waals surface area contributed by atoms with Gasteiger partial charge in [0.15, 0.2) is 0 Å². The fraction of sp³-hybridized carbons (Fsp3) is 0.250. The van der Waals surface area contributed by atoms with Crippen molar-refractivity contribution >= 4 is 43.4 Å². The Morgan fingerprint density at radius 2 is 2.32 bits per heavy atom. The molecule has 3 heterocycles. The molecule has 0 aliphatic rings. The molecule has 0 unspecified atom stereocenters. The molecular weight excluding hydrogens is 326 g/mol. The van der Waals surface area contributed by atoms with Crippen LogP contribution in [0, 0.1) is 0 Å². The van der Waals surface area contributed by atoms with E-state index in [9.17, 15) is 0 Å². The van der Waals surface area contributed by atoms with Crippen LogP contribution in [0.4, 0.5) is 5.95 Å². The minimum Gasteiger partial charge on any atom is -0.354 e. The number of nitrogens with zero attached hydrogens (tertiary/aromatic N) is 4. The summed E-state index contributed by atoms with van der Waals surface area (Å²) in [7, 11) is 1.97. The lowest BCUT2D eigenvalue weighted by molar-refractivity contribution is 0.909. The number of aryl methyl sites for hydroxylation is 1. The first kappa shape index (κ1) is 12.6. The molecule has 0 aromatic carbocycles. The Kier molecular flexibility index (Phi) is 3.48. The highest BCUT2D eigenvalue weighted by Crippen LogP contribution is 2.28. The van der Waals surface area contributed by atoms with Gasteiger partial charge in [-0.2, -0.15) is 0 Å². The molecule has 3 rings (SSSR count). The van der Waals surface area contributed by atoms with Crippen LogP contribution >= 0.6 is 27.3 Å². The van der Waals surface area contributed by atoms with E-state index in [0.717, 1.165) is 33.3 Å². The number of thiophene rings is 1. The zero-order valence-corrected chi connectivity index (χ0v) is 12.7. The summed E-state index contributed by atoms with van der Waals surface area (Å²) in [5.74, 6) is 0.655. The lowest BCUT2D eigenvalue weighted by atomic mass is 10.3. The maximum Gasteiger partial charge on any atom is 0.223 e. The number of aromatic nitrogens is 4. The summed E-state index contributed by atoms with van der Waals surface area (Å²) < 4.78 is 4.05. The number of anilines is 1. The number of halogens is 1. The molecule has 0 saturated carbocycles. The van der Waals surface area contributed by atoms with Gasteiger partial charge in [-0.15, -0.1) is 11.3 Å². The number of rotatable bonds is 4. The Balaban J connectivity index is 1.66. The van der Waals surface area contributed by atoms with Crippen LogP contribution in [0.5, 0.6) is 0 Å². The molecule has 19 heavy (non-hydrogen) atoms. The van der Waals surface area contributed by atoms with E-state index in [1.54, 1.807) is 17.7 Å². The number of fused-ring (bicyclic) bond motifs is 1. The van der Waals surface area contributed by atoms with Crippen molar-refractivity contribution in [1.29, 1.82) is 0 Å². The number of hydrogen-bond acceptors (Lipinski definition) is 5. The van der Waals surface area contributed by atoms with Gasteiger partial charge in [-0.3, -0.25) is 0 Å². The minimum absolute atomic E-state index is 0.655. The molecule has 0 aliphatic heterocycles. The van der Waals surface area contributed by atoms with Gasteiger partial charge >= 0.3 is 0 Å². The van der Waals surface area contributed by atoms with Crippen LogP contribution in [-0.2, 0) is 13.5 Å². The van der Waals surface area contributed by atoms with Crippen molar-refractivity contribution in [3.8, 4) is 0 Å². The minimum atomic E-state index is 0.655. The highest BCUT2D eigenvalue weighted by atomic mass is 79.9. The van der Waals surface area contributed by atoms with Gasteiger partial charge in [0, 0.05) is 31.6 Å². The van der Waals surface area contributed by atoms with Crippen LogP contribution in [0.3, 0.4) is 0 Å². The summed E-state index contributed by atoms with van der Waals surface area (Å²) >= 11 is 5.12. The molecule has 0 saturated heterocycles. The maximum atomic E-state index is 4.49. The van der Waals surface area contributed by atoms with Crippen molar-refractivity contribution in [3.63, 3.8) is 0 Å². The third-order valence-electron chi connectivity index (χ3n) is 2.69. The second kappa shape index (κ2) is 5.26. The molecule has 0 fully saturated rings. The first-order valence-corrected chi connectivity index (χ1v) is 7.50. The van der Waals surface area contributed by atoms with E-state index in [0.29, 0.717) is 5.95 Å². The molecule has 0 radical (unpaired) electrons. The molecule has 0 bridgehead atoms. The van der Waals surface area contributed by atoms with Crippen molar-refractivity contribution in [1.82, 2.24) is 19.5 Å². The second-order valence-electron chi connectivity index (χ2n) is 4.20. The van der Waals surface area contributed by atoms with Gasteiger partial charge in [0.2, 0.25) is 5.95 Å². The summed E-state index contributed by atoms with van der Waals surface area (Å²) in [6, 6.07) is 0. The number of hydrogen-bond donors (Lipinski definition) is 1. The third kappa shape index (κ3) is 2.76. The van der Waals surface area contributed by atoms with Crippen molar-refractivity contribution < 1.29 is 0 Å². The van der Waals surface area contributed by atoms with Crippen molar-refractivity contribution in [2.75, 3.05) is 11.9 Å². The van der Waals surface area contributed by atoms with Gasteiger partial charge in [0.1, 0.15) is 5.52 Å². The van der Waals surface area contributed by atoms with Gasteiger partial charge in [-0.05, 0) is 15.9 Å².